The normalized spacial score (nSPS) is 18.1. The quantitative estimate of drug-likeness (QED) is 0.876. The molecule has 1 saturated heterocycles. The minimum atomic E-state index is 0. The fourth-order valence-corrected chi connectivity index (χ4v) is 2.59. The first-order valence-electron chi connectivity index (χ1n) is 6.58. The minimum absolute atomic E-state index is 0. The molecule has 0 unspecified atom stereocenters. The second kappa shape index (κ2) is 6.26. The van der Waals surface area contributed by atoms with Gasteiger partial charge >= 0.3 is 0 Å². The number of nitrogens with one attached hydrogen (secondary N) is 2. The summed E-state index contributed by atoms with van der Waals surface area (Å²) in [6.45, 7) is 2.39. The van der Waals surface area contributed by atoms with E-state index in [1.54, 1.807) is 0 Å². The second-order valence-electron chi connectivity index (χ2n) is 4.92. The summed E-state index contributed by atoms with van der Waals surface area (Å²) in [4.78, 5) is 12.1. The van der Waals surface area contributed by atoms with Crippen LogP contribution in [0.15, 0.2) is 18.2 Å². The van der Waals surface area contributed by atoms with E-state index < -0.39 is 0 Å². The summed E-state index contributed by atoms with van der Waals surface area (Å²) >= 11 is 0. The molecule has 0 saturated carbocycles. The molecule has 2 heterocycles. The maximum absolute atomic E-state index is 12.1. The van der Waals surface area contributed by atoms with Crippen LogP contribution in [0, 0.1) is 5.92 Å². The highest BCUT2D eigenvalue weighted by Crippen LogP contribution is 2.26. The van der Waals surface area contributed by atoms with Gasteiger partial charge in [0.05, 0.1) is 0 Å². The molecule has 2 aliphatic heterocycles. The highest BCUT2D eigenvalue weighted by atomic mass is 35.5. The molecule has 2 aliphatic rings. The Kier molecular flexibility index (Phi) is 4.66. The van der Waals surface area contributed by atoms with E-state index >= 15 is 0 Å². The lowest BCUT2D eigenvalue weighted by molar-refractivity contribution is -0.122. The smallest absolute Gasteiger partial charge is 0.227 e. The topological polar surface area (TPSA) is 50.4 Å². The summed E-state index contributed by atoms with van der Waals surface area (Å²) in [5.74, 6) is 0.231. The zero-order valence-corrected chi connectivity index (χ0v) is 11.6. The van der Waals surface area contributed by atoms with Gasteiger partial charge in [0.1, 0.15) is 0 Å². The predicted octanol–water partition coefficient (Wildman–Crippen LogP) is 2.44. The maximum atomic E-state index is 12.1. The van der Waals surface area contributed by atoms with Gasteiger partial charge in [-0.25, -0.2) is 0 Å². The summed E-state index contributed by atoms with van der Waals surface area (Å²) in [7, 11) is 0. The number of carbonyl (C=O) groups is 1. The molecule has 1 aromatic carbocycles. The molecule has 0 radical (unpaired) electrons. The number of hydrogen-bond acceptors (Lipinski definition) is 3. The average molecular weight is 283 g/mol. The van der Waals surface area contributed by atoms with E-state index in [1.807, 2.05) is 12.1 Å². The van der Waals surface area contributed by atoms with Crippen molar-refractivity contribution in [3.63, 3.8) is 0 Å². The maximum Gasteiger partial charge on any atom is 0.227 e. The third kappa shape index (κ3) is 3.19. The minimum Gasteiger partial charge on any atom is -0.384 e. The molecule has 104 valence electrons. The molecule has 0 atom stereocenters. The molecule has 19 heavy (non-hydrogen) atoms. The highest BCUT2D eigenvalue weighted by Gasteiger charge is 2.21. The van der Waals surface area contributed by atoms with Crippen molar-refractivity contribution in [2.45, 2.75) is 19.3 Å². The number of ether oxygens (including phenoxy) is 1. The zero-order valence-electron chi connectivity index (χ0n) is 10.8. The van der Waals surface area contributed by atoms with Gasteiger partial charge in [0.25, 0.3) is 0 Å². The van der Waals surface area contributed by atoms with Crippen LogP contribution in [0.4, 0.5) is 11.4 Å². The molecule has 0 aliphatic carbocycles. The number of anilines is 2. The monoisotopic (exact) mass is 282 g/mol. The van der Waals surface area contributed by atoms with Crippen LogP contribution < -0.4 is 10.6 Å². The van der Waals surface area contributed by atoms with Gasteiger partial charge < -0.3 is 15.4 Å². The molecule has 0 bridgehead atoms. The van der Waals surface area contributed by atoms with Gasteiger partial charge in [-0.1, -0.05) is 0 Å². The number of halogens is 1. The van der Waals surface area contributed by atoms with Crippen LogP contribution in [0.5, 0.6) is 0 Å². The van der Waals surface area contributed by atoms with Crippen molar-refractivity contribution >= 4 is 29.7 Å². The fourth-order valence-electron chi connectivity index (χ4n) is 2.59. The van der Waals surface area contributed by atoms with Crippen molar-refractivity contribution in [1.82, 2.24) is 0 Å². The van der Waals surface area contributed by atoms with Crippen LogP contribution in [0.25, 0.3) is 0 Å². The SMILES string of the molecule is Cl.O=C(Nc1ccc2c(c1)CCN2)C1CCOCC1. The zero-order chi connectivity index (χ0) is 12.4. The molecular weight excluding hydrogens is 264 g/mol. The summed E-state index contributed by atoms with van der Waals surface area (Å²) in [5.41, 5.74) is 3.40. The molecule has 1 amide bonds. The molecule has 0 aromatic heterocycles. The van der Waals surface area contributed by atoms with Crippen LogP contribution in [0.1, 0.15) is 18.4 Å². The Morgan fingerprint density at radius 2 is 2.11 bits per heavy atom. The Morgan fingerprint density at radius 1 is 1.32 bits per heavy atom. The second-order valence-corrected chi connectivity index (χ2v) is 4.92. The number of fused-ring (bicyclic) bond motifs is 1. The Balaban J connectivity index is 0.00000133. The standard InChI is InChI=1S/C14H18N2O2.ClH/c17-14(10-4-7-18-8-5-10)16-12-1-2-13-11(9-12)3-6-15-13;/h1-2,9-10,15H,3-8H2,(H,16,17);1H. The predicted molar refractivity (Wildman–Crippen MR) is 78.1 cm³/mol. The van der Waals surface area contributed by atoms with Gasteiger partial charge in [0.15, 0.2) is 0 Å². The Labute approximate surface area is 119 Å². The third-order valence-corrected chi connectivity index (χ3v) is 3.67. The van der Waals surface area contributed by atoms with E-state index in [1.165, 1.54) is 11.3 Å². The fraction of sp³-hybridized carbons (Fsp3) is 0.500. The van der Waals surface area contributed by atoms with E-state index in [2.05, 4.69) is 16.7 Å². The van der Waals surface area contributed by atoms with Gasteiger partial charge in [0, 0.05) is 37.1 Å². The lowest BCUT2D eigenvalue weighted by atomic mass is 9.99. The van der Waals surface area contributed by atoms with E-state index in [0.29, 0.717) is 13.2 Å². The van der Waals surface area contributed by atoms with Crippen LogP contribution in [-0.2, 0) is 16.0 Å². The van der Waals surface area contributed by atoms with Crippen molar-refractivity contribution in [2.75, 3.05) is 30.4 Å². The van der Waals surface area contributed by atoms with Crippen LogP contribution in [-0.4, -0.2) is 25.7 Å². The van der Waals surface area contributed by atoms with Gasteiger partial charge in [0.2, 0.25) is 5.91 Å². The van der Waals surface area contributed by atoms with E-state index in [-0.39, 0.29) is 24.2 Å². The molecule has 1 fully saturated rings. The van der Waals surface area contributed by atoms with Crippen LogP contribution >= 0.6 is 12.4 Å². The van der Waals surface area contributed by atoms with Crippen LogP contribution in [0.3, 0.4) is 0 Å². The number of carbonyl (C=O) groups excluding carboxylic acids is 1. The van der Waals surface area contributed by atoms with E-state index in [4.69, 9.17) is 4.74 Å². The Bertz CT molecular complexity index is 459. The number of amides is 1. The van der Waals surface area contributed by atoms with Crippen molar-refractivity contribution in [1.29, 1.82) is 0 Å². The van der Waals surface area contributed by atoms with Crippen LogP contribution in [0.2, 0.25) is 0 Å². The summed E-state index contributed by atoms with van der Waals surface area (Å²) in [6, 6.07) is 6.09. The highest BCUT2D eigenvalue weighted by molar-refractivity contribution is 5.93. The van der Waals surface area contributed by atoms with Gasteiger partial charge in [-0.2, -0.15) is 0 Å². The average Bonchev–Trinajstić information content (AvgIpc) is 2.87. The summed E-state index contributed by atoms with van der Waals surface area (Å²) in [6.07, 6.45) is 2.70. The first kappa shape index (κ1) is 14.2. The molecule has 1 aromatic rings. The molecule has 4 nitrogen and oxygen atoms in total. The van der Waals surface area contributed by atoms with Crippen molar-refractivity contribution < 1.29 is 9.53 Å². The summed E-state index contributed by atoms with van der Waals surface area (Å²) < 4.78 is 5.27. The van der Waals surface area contributed by atoms with Gasteiger partial charge in [-0.15, -0.1) is 12.4 Å². The lowest BCUT2D eigenvalue weighted by Crippen LogP contribution is -2.28. The number of rotatable bonds is 2. The Morgan fingerprint density at radius 3 is 2.89 bits per heavy atom. The van der Waals surface area contributed by atoms with Crippen molar-refractivity contribution in [3.8, 4) is 0 Å². The first-order chi connectivity index (χ1) is 8.83. The molecule has 2 N–H and O–H groups in total. The first-order valence-corrected chi connectivity index (χ1v) is 6.58. The van der Waals surface area contributed by atoms with E-state index in [9.17, 15) is 4.79 Å². The Hall–Kier alpha value is -1.26. The molecular formula is C14H19ClN2O2. The molecule has 5 heteroatoms. The van der Waals surface area contributed by atoms with E-state index in [0.717, 1.165) is 31.5 Å². The lowest BCUT2D eigenvalue weighted by Gasteiger charge is -2.21. The van der Waals surface area contributed by atoms with Gasteiger partial charge in [-0.3, -0.25) is 4.79 Å². The molecule has 0 spiro atoms. The number of benzene rings is 1. The molecule has 3 rings (SSSR count). The van der Waals surface area contributed by atoms with Gasteiger partial charge in [-0.05, 0) is 43.0 Å². The number of hydrogen-bond donors (Lipinski definition) is 2. The summed E-state index contributed by atoms with van der Waals surface area (Å²) in [5, 5.41) is 6.33. The van der Waals surface area contributed by atoms with Crippen molar-refractivity contribution in [2.24, 2.45) is 5.92 Å². The van der Waals surface area contributed by atoms with Crippen molar-refractivity contribution in [3.05, 3.63) is 23.8 Å². The largest absolute Gasteiger partial charge is 0.384 e. The third-order valence-electron chi connectivity index (χ3n) is 3.67.